The fraction of sp³-hybridized carbons (Fsp3) is 0.500. The summed E-state index contributed by atoms with van der Waals surface area (Å²) in [4.78, 5) is 0. The van der Waals surface area contributed by atoms with Gasteiger partial charge < -0.3 is 0 Å². The number of hydrogen-bond donors (Lipinski definition) is 0. The van der Waals surface area contributed by atoms with E-state index in [1.807, 2.05) is 11.3 Å². The van der Waals surface area contributed by atoms with Gasteiger partial charge in [0.15, 0.2) is 0 Å². The first-order valence-corrected chi connectivity index (χ1v) is 8.28. The molecule has 3 atom stereocenters. The topological polar surface area (TPSA) is 0 Å². The highest BCUT2D eigenvalue weighted by Gasteiger charge is 2.54. The molecule has 4 rings (SSSR count). The maximum Gasteiger partial charge on any atom is 0.0633 e. The van der Waals surface area contributed by atoms with Crippen LogP contribution in [0.4, 0.5) is 0 Å². The molecule has 0 nitrogen and oxygen atoms in total. The van der Waals surface area contributed by atoms with Crippen molar-refractivity contribution in [1.82, 2.24) is 0 Å². The molecule has 18 heavy (non-hydrogen) atoms. The molecule has 94 valence electrons. The zero-order valence-corrected chi connectivity index (χ0v) is 11.9. The Morgan fingerprint density at radius 3 is 2.61 bits per heavy atom. The van der Waals surface area contributed by atoms with E-state index in [9.17, 15) is 0 Å². The van der Waals surface area contributed by atoms with Gasteiger partial charge in [0.1, 0.15) is 0 Å². The number of hydrogen-bond acceptors (Lipinski definition) is 1. The molecular weight excluding hydrogens is 260 g/mol. The van der Waals surface area contributed by atoms with Crippen molar-refractivity contribution in [1.29, 1.82) is 0 Å². The van der Waals surface area contributed by atoms with Gasteiger partial charge in [-0.15, -0.1) is 22.9 Å². The summed E-state index contributed by atoms with van der Waals surface area (Å²) in [5.74, 6) is 2.62. The summed E-state index contributed by atoms with van der Waals surface area (Å²) in [6, 6.07) is 8.67. The van der Waals surface area contributed by atoms with Gasteiger partial charge in [-0.05, 0) is 53.0 Å². The van der Waals surface area contributed by atoms with Crippen LogP contribution in [0.2, 0.25) is 0 Å². The molecular formula is C16H17ClS. The van der Waals surface area contributed by atoms with Crippen LogP contribution in [-0.2, 0) is 0 Å². The monoisotopic (exact) mass is 276 g/mol. The Morgan fingerprint density at radius 1 is 1.11 bits per heavy atom. The third kappa shape index (κ3) is 1.64. The van der Waals surface area contributed by atoms with Crippen molar-refractivity contribution in [3.8, 4) is 0 Å². The van der Waals surface area contributed by atoms with Gasteiger partial charge in [0, 0.05) is 4.70 Å². The molecule has 0 aliphatic heterocycles. The van der Waals surface area contributed by atoms with Crippen LogP contribution >= 0.6 is 22.9 Å². The molecule has 0 N–H and O–H groups in total. The van der Waals surface area contributed by atoms with Crippen molar-refractivity contribution in [2.75, 3.05) is 0 Å². The lowest BCUT2D eigenvalue weighted by molar-refractivity contribution is 0.480. The zero-order chi connectivity index (χ0) is 12.1. The van der Waals surface area contributed by atoms with E-state index in [1.165, 1.54) is 41.3 Å². The molecule has 1 aromatic carbocycles. The quantitative estimate of drug-likeness (QED) is 0.625. The first-order chi connectivity index (χ1) is 8.86. The number of halogens is 1. The summed E-state index contributed by atoms with van der Waals surface area (Å²) >= 11 is 8.64. The minimum Gasteiger partial charge on any atom is -0.143 e. The van der Waals surface area contributed by atoms with E-state index in [-0.39, 0.29) is 5.38 Å². The Labute approximate surface area is 117 Å². The highest BCUT2D eigenvalue weighted by Crippen LogP contribution is 2.62. The zero-order valence-electron chi connectivity index (χ0n) is 10.3. The predicted molar refractivity (Wildman–Crippen MR) is 79.4 cm³/mol. The first-order valence-electron chi connectivity index (χ1n) is 6.96. The highest BCUT2D eigenvalue weighted by atomic mass is 35.5. The highest BCUT2D eigenvalue weighted by molar-refractivity contribution is 7.17. The van der Waals surface area contributed by atoms with E-state index in [4.69, 9.17) is 11.6 Å². The van der Waals surface area contributed by atoms with Crippen LogP contribution < -0.4 is 0 Å². The molecule has 0 spiro atoms. The Hall–Kier alpha value is -0.530. The summed E-state index contributed by atoms with van der Waals surface area (Å²) in [5.41, 5.74) is 1.39. The summed E-state index contributed by atoms with van der Waals surface area (Å²) in [6.45, 7) is 0. The minimum atomic E-state index is 0.245. The average molecular weight is 277 g/mol. The molecule has 2 heteroatoms. The largest absolute Gasteiger partial charge is 0.143 e. The van der Waals surface area contributed by atoms with E-state index < -0.39 is 0 Å². The molecule has 0 radical (unpaired) electrons. The maximum absolute atomic E-state index is 6.81. The van der Waals surface area contributed by atoms with E-state index >= 15 is 0 Å². The van der Waals surface area contributed by atoms with Gasteiger partial charge in [-0.1, -0.05) is 31.0 Å². The van der Waals surface area contributed by atoms with Gasteiger partial charge in [0.2, 0.25) is 0 Å². The molecule has 2 fully saturated rings. The third-order valence-corrected chi connectivity index (χ3v) is 6.38. The number of fused-ring (bicyclic) bond motifs is 2. The van der Waals surface area contributed by atoms with Gasteiger partial charge in [-0.3, -0.25) is 0 Å². The standard InChI is InChI=1S/C16H17ClS/c17-16(15-11-6-1-2-7-12(11)15)13-9-18-14-8-4-3-5-10(13)14/h3-5,8-9,11-12,15-16H,1-2,6-7H2. The van der Waals surface area contributed by atoms with Crippen molar-refractivity contribution in [2.24, 2.45) is 17.8 Å². The fourth-order valence-corrected chi connectivity index (χ4v) is 5.53. The lowest BCUT2D eigenvalue weighted by Crippen LogP contribution is -1.94. The van der Waals surface area contributed by atoms with Crippen LogP contribution in [0.25, 0.3) is 10.1 Å². The summed E-state index contributed by atoms with van der Waals surface area (Å²) in [7, 11) is 0. The van der Waals surface area contributed by atoms with Crippen LogP contribution in [0.15, 0.2) is 29.6 Å². The molecule has 0 bridgehead atoms. The summed E-state index contributed by atoms with van der Waals surface area (Å²) in [5, 5.41) is 3.91. The van der Waals surface area contributed by atoms with Crippen LogP contribution in [0, 0.1) is 17.8 Å². The number of benzene rings is 1. The van der Waals surface area contributed by atoms with Gasteiger partial charge in [-0.2, -0.15) is 0 Å². The van der Waals surface area contributed by atoms with E-state index in [0.717, 1.165) is 17.8 Å². The van der Waals surface area contributed by atoms with E-state index in [2.05, 4.69) is 29.6 Å². The normalized spacial score (nSPS) is 32.2. The molecule has 0 amide bonds. The first kappa shape index (κ1) is 11.3. The molecule has 1 heterocycles. The minimum absolute atomic E-state index is 0.245. The van der Waals surface area contributed by atoms with Crippen molar-refractivity contribution in [3.63, 3.8) is 0 Å². The Balaban J connectivity index is 1.67. The number of rotatable bonds is 2. The number of alkyl halides is 1. The second-order valence-electron chi connectivity index (χ2n) is 5.78. The van der Waals surface area contributed by atoms with Gasteiger partial charge in [-0.25, -0.2) is 0 Å². The molecule has 2 aliphatic rings. The lowest BCUT2D eigenvalue weighted by atomic mass is 10.0. The second-order valence-corrected chi connectivity index (χ2v) is 7.16. The summed E-state index contributed by atoms with van der Waals surface area (Å²) in [6.07, 6.45) is 5.68. The van der Waals surface area contributed by atoms with Crippen LogP contribution in [0.1, 0.15) is 36.6 Å². The van der Waals surface area contributed by atoms with E-state index in [1.54, 1.807) is 0 Å². The molecule has 1 aromatic heterocycles. The average Bonchev–Trinajstić information content (AvgIpc) is 2.99. The van der Waals surface area contributed by atoms with Crippen LogP contribution in [0.5, 0.6) is 0 Å². The smallest absolute Gasteiger partial charge is 0.0633 e. The Bertz CT molecular complexity index is 561. The molecule has 2 aliphatic carbocycles. The second kappa shape index (κ2) is 4.25. The van der Waals surface area contributed by atoms with Crippen LogP contribution in [0.3, 0.4) is 0 Å². The van der Waals surface area contributed by atoms with Crippen molar-refractivity contribution >= 4 is 33.0 Å². The van der Waals surface area contributed by atoms with Crippen molar-refractivity contribution < 1.29 is 0 Å². The lowest BCUT2D eigenvalue weighted by Gasteiger charge is -2.08. The number of thiophene rings is 1. The van der Waals surface area contributed by atoms with Gasteiger partial charge in [0.05, 0.1) is 5.38 Å². The van der Waals surface area contributed by atoms with Crippen molar-refractivity contribution in [3.05, 3.63) is 35.2 Å². The van der Waals surface area contributed by atoms with Crippen LogP contribution in [-0.4, -0.2) is 0 Å². The van der Waals surface area contributed by atoms with E-state index in [0.29, 0.717) is 0 Å². The molecule has 3 unspecified atom stereocenters. The Kier molecular flexibility index (Phi) is 2.67. The molecule has 0 saturated heterocycles. The molecule has 2 saturated carbocycles. The Morgan fingerprint density at radius 2 is 1.83 bits per heavy atom. The maximum atomic E-state index is 6.81. The van der Waals surface area contributed by atoms with Crippen molar-refractivity contribution in [2.45, 2.75) is 31.1 Å². The SMILES string of the molecule is ClC(c1csc2ccccc12)C1C2CCCCC21. The third-order valence-electron chi connectivity index (χ3n) is 4.87. The fourth-order valence-electron chi connectivity index (χ4n) is 3.90. The predicted octanol–water partition coefficient (Wildman–Crippen LogP) is 5.62. The van der Waals surface area contributed by atoms with Gasteiger partial charge in [0.25, 0.3) is 0 Å². The van der Waals surface area contributed by atoms with Gasteiger partial charge >= 0.3 is 0 Å². The summed E-state index contributed by atoms with van der Waals surface area (Å²) < 4.78 is 1.38. The molecule has 2 aromatic rings.